The van der Waals surface area contributed by atoms with Gasteiger partial charge in [0.2, 0.25) is 0 Å². The van der Waals surface area contributed by atoms with E-state index >= 15 is 0 Å². The van der Waals surface area contributed by atoms with Crippen LogP contribution < -0.4 is 0 Å². The van der Waals surface area contributed by atoms with Crippen molar-refractivity contribution in [1.82, 2.24) is 0 Å². The molecule has 0 saturated carbocycles. The summed E-state index contributed by atoms with van der Waals surface area (Å²) in [6.07, 6.45) is 5.58. The molecule has 0 aromatic heterocycles. The van der Waals surface area contributed by atoms with Gasteiger partial charge < -0.3 is 0 Å². The van der Waals surface area contributed by atoms with Crippen LogP contribution in [0.4, 0.5) is 0 Å². The summed E-state index contributed by atoms with van der Waals surface area (Å²) in [4.78, 5) is 0. The summed E-state index contributed by atoms with van der Waals surface area (Å²) in [6.45, 7) is 0. The van der Waals surface area contributed by atoms with E-state index < -0.39 is 5.41 Å². The molecular weight excluding hydrogens is 270 g/mol. The van der Waals surface area contributed by atoms with E-state index in [2.05, 4.69) is 18.1 Å². The molecule has 0 aliphatic heterocycles. The molecule has 0 atom stereocenters. The predicted molar refractivity (Wildman–Crippen MR) is 82.1 cm³/mol. The third-order valence-electron chi connectivity index (χ3n) is 3.48. The smallest absolute Gasteiger partial charge is 0.172 e. The summed E-state index contributed by atoms with van der Waals surface area (Å²) in [5.41, 5.74) is 1.39. The van der Waals surface area contributed by atoms with Crippen LogP contribution in [0.2, 0.25) is 0 Å². The number of rotatable bonds is 3. The van der Waals surface area contributed by atoms with Crippen molar-refractivity contribution in [3.8, 4) is 30.6 Å². The molecule has 0 bridgehead atoms. The quantitative estimate of drug-likeness (QED) is 0.812. The summed E-state index contributed by atoms with van der Waals surface area (Å²) >= 11 is 0. The summed E-state index contributed by atoms with van der Waals surface area (Å²) in [5, 5.41) is 27.9. The van der Waals surface area contributed by atoms with Crippen LogP contribution in [0.1, 0.15) is 22.3 Å². The van der Waals surface area contributed by atoms with Crippen molar-refractivity contribution in [3.63, 3.8) is 0 Å². The summed E-state index contributed by atoms with van der Waals surface area (Å²) < 4.78 is 0. The van der Waals surface area contributed by atoms with Gasteiger partial charge in [0.1, 0.15) is 0 Å². The first-order valence-electron chi connectivity index (χ1n) is 6.56. The largest absolute Gasteiger partial charge is 0.196 e. The van der Waals surface area contributed by atoms with Crippen molar-refractivity contribution in [2.24, 2.45) is 0 Å². The summed E-state index contributed by atoms with van der Waals surface area (Å²) in [6, 6.07) is 20.0. The molecule has 3 heteroatoms. The molecule has 102 valence electrons. The second kappa shape index (κ2) is 6.28. The van der Waals surface area contributed by atoms with E-state index in [-0.39, 0.29) is 6.42 Å². The van der Waals surface area contributed by atoms with Crippen LogP contribution in [0.15, 0.2) is 48.5 Å². The van der Waals surface area contributed by atoms with Gasteiger partial charge >= 0.3 is 0 Å². The SMILES string of the molecule is C#Cc1ccc(CC(C#N)(C#N)c2ccc(C#N)cc2)cc1. The minimum Gasteiger partial charge on any atom is -0.196 e. The number of benzene rings is 2. The molecule has 0 spiro atoms. The van der Waals surface area contributed by atoms with Crippen LogP contribution in [0, 0.1) is 46.3 Å². The fourth-order valence-corrected chi connectivity index (χ4v) is 2.19. The van der Waals surface area contributed by atoms with Gasteiger partial charge in [-0.3, -0.25) is 0 Å². The Labute approximate surface area is 129 Å². The Kier molecular flexibility index (Phi) is 4.24. The minimum atomic E-state index is -1.29. The summed E-state index contributed by atoms with van der Waals surface area (Å²) in [7, 11) is 0. The third kappa shape index (κ3) is 2.81. The van der Waals surface area contributed by atoms with Gasteiger partial charge in [0, 0.05) is 12.0 Å². The topological polar surface area (TPSA) is 71.4 Å². The first kappa shape index (κ1) is 14.9. The minimum absolute atomic E-state index is 0.261. The molecule has 0 fully saturated rings. The first-order valence-corrected chi connectivity index (χ1v) is 6.56. The Morgan fingerprint density at radius 3 is 1.82 bits per heavy atom. The number of nitrogens with zero attached hydrogens (tertiary/aromatic N) is 3. The average Bonchev–Trinajstić information content (AvgIpc) is 2.60. The normalized spacial score (nSPS) is 9.82. The van der Waals surface area contributed by atoms with Gasteiger partial charge in [-0.15, -0.1) is 6.42 Å². The van der Waals surface area contributed by atoms with Crippen LogP contribution in [-0.2, 0) is 11.8 Å². The highest BCUT2D eigenvalue weighted by Crippen LogP contribution is 2.28. The van der Waals surface area contributed by atoms with E-state index in [0.717, 1.165) is 11.1 Å². The number of hydrogen-bond donors (Lipinski definition) is 0. The van der Waals surface area contributed by atoms with Gasteiger partial charge in [-0.05, 0) is 35.4 Å². The molecular formula is C19H11N3. The summed E-state index contributed by atoms with van der Waals surface area (Å²) in [5.74, 6) is 2.53. The van der Waals surface area contributed by atoms with Gasteiger partial charge in [0.25, 0.3) is 0 Å². The Bertz CT molecular complexity index is 819. The van der Waals surface area contributed by atoms with Crippen LogP contribution in [0.5, 0.6) is 0 Å². The molecule has 3 nitrogen and oxygen atoms in total. The molecule has 0 amide bonds. The van der Waals surface area contributed by atoms with Crippen molar-refractivity contribution in [2.45, 2.75) is 11.8 Å². The van der Waals surface area contributed by atoms with Crippen molar-refractivity contribution < 1.29 is 0 Å². The second-order valence-corrected chi connectivity index (χ2v) is 4.84. The second-order valence-electron chi connectivity index (χ2n) is 4.84. The number of nitriles is 3. The van der Waals surface area contributed by atoms with Gasteiger partial charge in [-0.2, -0.15) is 15.8 Å². The van der Waals surface area contributed by atoms with Gasteiger partial charge in [-0.1, -0.05) is 30.2 Å². The van der Waals surface area contributed by atoms with E-state index in [4.69, 9.17) is 11.7 Å². The molecule has 0 aliphatic rings. The van der Waals surface area contributed by atoms with Crippen molar-refractivity contribution in [2.75, 3.05) is 0 Å². The zero-order chi connectivity index (χ0) is 16.0. The van der Waals surface area contributed by atoms with Crippen LogP contribution in [-0.4, -0.2) is 0 Å². The fraction of sp³-hybridized carbons (Fsp3) is 0.105. The Balaban J connectivity index is 2.40. The highest BCUT2D eigenvalue weighted by Gasteiger charge is 2.32. The number of terminal acetylenes is 1. The van der Waals surface area contributed by atoms with E-state index in [1.807, 2.05) is 18.2 Å². The average molecular weight is 281 g/mol. The van der Waals surface area contributed by atoms with E-state index in [0.29, 0.717) is 11.1 Å². The first-order chi connectivity index (χ1) is 10.7. The maximum atomic E-state index is 9.55. The van der Waals surface area contributed by atoms with Crippen molar-refractivity contribution in [3.05, 3.63) is 70.8 Å². The zero-order valence-electron chi connectivity index (χ0n) is 11.7. The van der Waals surface area contributed by atoms with E-state index in [1.54, 1.807) is 36.4 Å². The lowest BCUT2D eigenvalue weighted by Crippen LogP contribution is -2.25. The lowest BCUT2D eigenvalue weighted by molar-refractivity contribution is 0.695. The molecule has 2 aromatic carbocycles. The fourth-order valence-electron chi connectivity index (χ4n) is 2.19. The lowest BCUT2D eigenvalue weighted by Gasteiger charge is -2.19. The molecule has 2 rings (SSSR count). The van der Waals surface area contributed by atoms with Gasteiger partial charge in [-0.25, -0.2) is 0 Å². The molecule has 0 N–H and O–H groups in total. The lowest BCUT2D eigenvalue weighted by atomic mass is 9.78. The molecule has 0 heterocycles. The van der Waals surface area contributed by atoms with Gasteiger partial charge in [0.15, 0.2) is 5.41 Å². The van der Waals surface area contributed by atoms with Crippen LogP contribution >= 0.6 is 0 Å². The molecule has 0 unspecified atom stereocenters. The molecule has 0 radical (unpaired) electrons. The Morgan fingerprint density at radius 2 is 1.36 bits per heavy atom. The highest BCUT2D eigenvalue weighted by molar-refractivity contribution is 5.46. The highest BCUT2D eigenvalue weighted by atomic mass is 14.4. The molecule has 0 aliphatic carbocycles. The Hall–Kier alpha value is -3.53. The number of hydrogen-bond acceptors (Lipinski definition) is 3. The van der Waals surface area contributed by atoms with E-state index in [9.17, 15) is 10.5 Å². The zero-order valence-corrected chi connectivity index (χ0v) is 11.7. The van der Waals surface area contributed by atoms with Crippen molar-refractivity contribution >= 4 is 0 Å². The van der Waals surface area contributed by atoms with E-state index in [1.165, 1.54) is 0 Å². The molecule has 2 aromatic rings. The maximum absolute atomic E-state index is 9.55. The standard InChI is InChI=1S/C19H11N3/c1-2-15-3-5-16(6-4-15)11-19(13-21,14-22)18-9-7-17(12-20)8-10-18/h1,3-10H,11H2. The molecule has 22 heavy (non-hydrogen) atoms. The van der Waals surface area contributed by atoms with Crippen LogP contribution in [0.3, 0.4) is 0 Å². The van der Waals surface area contributed by atoms with Crippen molar-refractivity contribution in [1.29, 1.82) is 15.8 Å². The maximum Gasteiger partial charge on any atom is 0.172 e. The predicted octanol–water partition coefficient (Wildman–Crippen LogP) is 3.07. The van der Waals surface area contributed by atoms with Crippen LogP contribution in [0.25, 0.3) is 0 Å². The monoisotopic (exact) mass is 281 g/mol. The third-order valence-corrected chi connectivity index (χ3v) is 3.48. The van der Waals surface area contributed by atoms with Gasteiger partial charge in [0.05, 0.1) is 23.8 Å². The molecule has 0 saturated heterocycles. The Morgan fingerprint density at radius 1 is 0.818 bits per heavy atom.